The number of aromatic hydroxyl groups is 2. The number of rotatable bonds is 13. The third-order valence-corrected chi connectivity index (χ3v) is 11.0. The standard InChI is InChI=1S/C43H49N13O6/c1-5-45-41(60)39-52-51-38(31-20-30(25(2)3)32(57)21-33(31)58)56(39)28-8-6-26(7-9-28)24-54-16-14-53(15-17-54)18-19-62-34-11-10-29-35(36(34)61-4)49-43(55-13-12-46-37(29)55)50-40(59)27-22-47-42(44)48-23-27/h6-11,20-23,25,46,57-58H,5,12-19,24H2,1-4H3,(H,45,60)(H2,44,47,48). The van der Waals surface area contributed by atoms with Crippen LogP contribution in [0, 0.1) is 0 Å². The van der Waals surface area contributed by atoms with Crippen molar-refractivity contribution >= 4 is 34.5 Å². The number of aromatic nitrogens is 7. The van der Waals surface area contributed by atoms with Crippen molar-refractivity contribution in [3.8, 4) is 40.1 Å². The number of fused-ring (bicyclic) bond motifs is 3. The van der Waals surface area contributed by atoms with Gasteiger partial charge in [-0.05, 0) is 54.3 Å². The van der Waals surface area contributed by atoms with E-state index in [4.69, 9.17) is 20.2 Å². The van der Waals surface area contributed by atoms with Gasteiger partial charge < -0.3 is 36.1 Å². The molecular weight excluding hydrogens is 795 g/mol. The fourth-order valence-corrected chi connectivity index (χ4v) is 7.74. The fraction of sp³-hybridized carbons (Fsp3) is 0.349. The molecule has 1 saturated heterocycles. The van der Waals surface area contributed by atoms with Crippen LogP contribution in [0.5, 0.6) is 23.0 Å². The first-order valence-corrected chi connectivity index (χ1v) is 20.5. The number of anilines is 2. The minimum atomic E-state index is -0.539. The van der Waals surface area contributed by atoms with E-state index >= 15 is 0 Å². The first kappa shape index (κ1) is 41.6. The monoisotopic (exact) mass is 843 g/mol. The second kappa shape index (κ2) is 17.8. The van der Waals surface area contributed by atoms with Gasteiger partial charge in [-0.1, -0.05) is 26.0 Å². The molecule has 19 nitrogen and oxygen atoms in total. The molecule has 2 aliphatic heterocycles. The van der Waals surface area contributed by atoms with Gasteiger partial charge in [-0.15, -0.1) is 10.2 Å². The van der Waals surface area contributed by atoms with Gasteiger partial charge in [-0.3, -0.25) is 28.5 Å². The first-order chi connectivity index (χ1) is 30.0. The van der Waals surface area contributed by atoms with Crippen LogP contribution in [0.3, 0.4) is 0 Å². The Kier molecular flexibility index (Phi) is 12.0. The summed E-state index contributed by atoms with van der Waals surface area (Å²) in [4.78, 5) is 47.8. The highest BCUT2D eigenvalue weighted by Gasteiger charge is 2.26. The van der Waals surface area contributed by atoms with Gasteiger partial charge in [0.15, 0.2) is 17.3 Å². The predicted octanol–water partition coefficient (Wildman–Crippen LogP) is 3.31. The smallest absolute Gasteiger partial charge is 0.289 e. The van der Waals surface area contributed by atoms with E-state index in [1.807, 2.05) is 61.7 Å². The van der Waals surface area contributed by atoms with Crippen molar-refractivity contribution in [3.05, 3.63) is 89.1 Å². The molecule has 0 atom stereocenters. The fourth-order valence-electron chi connectivity index (χ4n) is 7.74. The summed E-state index contributed by atoms with van der Waals surface area (Å²) < 4.78 is 15.6. The summed E-state index contributed by atoms with van der Waals surface area (Å²) in [6.07, 6.45) is 2.68. The van der Waals surface area contributed by atoms with Crippen LogP contribution in [0.15, 0.2) is 65.9 Å². The molecule has 1 fully saturated rings. The Bertz CT molecular complexity index is 2690. The van der Waals surface area contributed by atoms with Gasteiger partial charge >= 0.3 is 0 Å². The highest BCUT2D eigenvalue weighted by Crippen LogP contribution is 2.39. The number of phenols is 2. The van der Waals surface area contributed by atoms with E-state index in [1.165, 1.54) is 18.5 Å². The summed E-state index contributed by atoms with van der Waals surface area (Å²) in [5.74, 6) is 1.09. The lowest BCUT2D eigenvalue weighted by atomic mass is 9.98. The molecule has 2 aliphatic rings. The molecule has 0 bridgehead atoms. The number of nitrogen functional groups attached to an aromatic ring is 1. The normalized spacial score (nSPS) is 14.6. The van der Waals surface area contributed by atoms with Gasteiger partial charge in [-0.25, -0.2) is 15.0 Å². The summed E-state index contributed by atoms with van der Waals surface area (Å²) in [5.41, 5.74) is 9.30. The van der Waals surface area contributed by atoms with Crippen molar-refractivity contribution in [2.75, 3.05) is 70.6 Å². The van der Waals surface area contributed by atoms with Gasteiger partial charge in [0.05, 0.1) is 18.2 Å². The molecule has 0 aliphatic carbocycles. The molecule has 2 amide bonds. The Hall–Kier alpha value is -7.12. The van der Waals surface area contributed by atoms with E-state index < -0.39 is 11.8 Å². The van der Waals surface area contributed by atoms with Crippen LogP contribution in [0.4, 0.5) is 11.8 Å². The highest BCUT2D eigenvalue weighted by molar-refractivity contribution is 5.97. The first-order valence-electron chi connectivity index (χ1n) is 20.5. The maximum Gasteiger partial charge on any atom is 0.289 e. The Morgan fingerprint density at radius 3 is 2.42 bits per heavy atom. The lowest BCUT2D eigenvalue weighted by Crippen LogP contribution is -2.47. The molecule has 8 rings (SSSR count). The Morgan fingerprint density at radius 2 is 1.71 bits per heavy atom. The lowest BCUT2D eigenvalue weighted by molar-refractivity contribution is 0.0942. The highest BCUT2D eigenvalue weighted by atomic mass is 16.5. The molecule has 6 aromatic rings. The van der Waals surface area contributed by atoms with E-state index in [0.717, 1.165) is 49.5 Å². The van der Waals surface area contributed by atoms with E-state index in [2.05, 4.69) is 45.6 Å². The van der Waals surface area contributed by atoms with Crippen molar-refractivity contribution in [1.29, 1.82) is 0 Å². The van der Waals surface area contributed by atoms with Crippen molar-refractivity contribution in [2.24, 2.45) is 4.99 Å². The van der Waals surface area contributed by atoms with E-state index in [1.54, 1.807) is 17.7 Å². The van der Waals surface area contributed by atoms with E-state index in [-0.39, 0.29) is 46.2 Å². The Labute approximate surface area is 356 Å². The molecule has 62 heavy (non-hydrogen) atoms. The molecule has 322 valence electrons. The van der Waals surface area contributed by atoms with Gasteiger partial charge in [0.1, 0.15) is 29.4 Å². The maximum atomic E-state index is 13.1. The number of nitrogens with zero attached hydrogens (tertiary/aromatic N) is 10. The van der Waals surface area contributed by atoms with Crippen LogP contribution in [0.25, 0.3) is 28.0 Å². The number of hydrogen-bond acceptors (Lipinski definition) is 15. The molecule has 5 heterocycles. The number of carbonyl (C=O) groups excluding carboxylic acids is 2. The molecule has 3 aromatic carbocycles. The number of benzene rings is 3. The zero-order valence-corrected chi connectivity index (χ0v) is 35.0. The molecule has 6 N–H and O–H groups in total. The summed E-state index contributed by atoms with van der Waals surface area (Å²) in [6, 6.07) is 14.7. The molecule has 0 saturated carbocycles. The molecular formula is C43H49N13O6. The summed E-state index contributed by atoms with van der Waals surface area (Å²) in [5, 5.41) is 36.9. The van der Waals surface area contributed by atoms with Crippen LogP contribution in [-0.2, 0) is 13.1 Å². The molecule has 19 heteroatoms. The van der Waals surface area contributed by atoms with E-state index in [0.29, 0.717) is 66.6 Å². The van der Waals surface area contributed by atoms with Crippen LogP contribution in [0.2, 0.25) is 0 Å². The number of nitrogens with one attached hydrogen (secondary N) is 2. The second-order valence-corrected chi connectivity index (χ2v) is 15.3. The zero-order chi connectivity index (χ0) is 43.5. The number of phenolic OH excluding ortho intramolecular Hbond substituents is 2. The van der Waals surface area contributed by atoms with Gasteiger partial charge in [-0.2, -0.15) is 4.99 Å². The third-order valence-electron chi connectivity index (χ3n) is 11.0. The topological polar surface area (TPSA) is 236 Å². The number of methoxy groups -OCH3 is 1. The van der Waals surface area contributed by atoms with Crippen molar-refractivity contribution in [2.45, 2.75) is 39.8 Å². The van der Waals surface area contributed by atoms with Crippen LogP contribution < -0.4 is 31.5 Å². The molecule has 0 unspecified atom stereocenters. The minimum Gasteiger partial charge on any atom is -0.508 e. The second-order valence-electron chi connectivity index (χ2n) is 15.3. The predicted molar refractivity (Wildman–Crippen MR) is 231 cm³/mol. The number of nitrogens with two attached hydrogens (primary N) is 1. The Morgan fingerprint density at radius 1 is 0.968 bits per heavy atom. The van der Waals surface area contributed by atoms with Crippen LogP contribution in [-0.4, -0.2) is 126 Å². The number of carbonyl (C=O) groups is 2. The Balaban J connectivity index is 0.911. The zero-order valence-electron chi connectivity index (χ0n) is 35.0. The summed E-state index contributed by atoms with van der Waals surface area (Å²) in [6.45, 7) is 12.7. The van der Waals surface area contributed by atoms with Crippen molar-refractivity contribution < 1.29 is 29.3 Å². The SMILES string of the molecule is CCNC(=O)c1nnc(-c2cc(C(C)C)c(O)cc2O)n1-c1ccc(CN2CCN(CCOc3ccc4c5n(c(=NC(=O)c6cnc(N)nc6)nc4c3OC)CCN5)CC2)cc1. The average Bonchev–Trinajstić information content (AvgIpc) is 3.94. The van der Waals surface area contributed by atoms with Crippen LogP contribution >= 0.6 is 0 Å². The summed E-state index contributed by atoms with van der Waals surface area (Å²) >= 11 is 0. The lowest BCUT2D eigenvalue weighted by Gasteiger charge is -2.34. The van der Waals surface area contributed by atoms with Gasteiger partial charge in [0, 0.05) is 88.4 Å². The number of amides is 2. The largest absolute Gasteiger partial charge is 0.508 e. The van der Waals surface area contributed by atoms with Crippen LogP contribution in [0.1, 0.15) is 58.8 Å². The van der Waals surface area contributed by atoms with Gasteiger partial charge in [0.2, 0.25) is 17.4 Å². The number of piperazine rings is 1. The third kappa shape index (κ3) is 8.44. The molecule has 0 spiro atoms. The number of ether oxygens (including phenoxy) is 2. The van der Waals surface area contributed by atoms with Crippen molar-refractivity contribution in [1.82, 2.24) is 49.4 Å². The molecule has 0 radical (unpaired) electrons. The maximum absolute atomic E-state index is 13.1. The number of hydrogen-bond donors (Lipinski definition) is 5. The van der Waals surface area contributed by atoms with Crippen molar-refractivity contribution in [3.63, 3.8) is 0 Å². The van der Waals surface area contributed by atoms with Gasteiger partial charge in [0.25, 0.3) is 11.8 Å². The summed E-state index contributed by atoms with van der Waals surface area (Å²) in [7, 11) is 1.57. The van der Waals surface area contributed by atoms with E-state index in [9.17, 15) is 19.8 Å². The average molecular weight is 844 g/mol. The quantitative estimate of drug-likeness (QED) is 0.112. The minimum absolute atomic E-state index is 0.0128. The molecule has 3 aromatic heterocycles.